The van der Waals surface area contributed by atoms with Crippen molar-refractivity contribution < 1.29 is 5.11 Å². The third kappa shape index (κ3) is 12.3. The highest BCUT2D eigenvalue weighted by Crippen LogP contribution is 2.22. The summed E-state index contributed by atoms with van der Waals surface area (Å²) < 4.78 is 0. The quantitative estimate of drug-likeness (QED) is 0.266. The van der Waals surface area contributed by atoms with Crippen LogP contribution < -0.4 is 0 Å². The zero-order valence-electron chi connectivity index (χ0n) is 16.1. The van der Waals surface area contributed by atoms with Crippen molar-refractivity contribution in [2.24, 2.45) is 0 Å². The summed E-state index contributed by atoms with van der Waals surface area (Å²) in [5.41, 5.74) is 1.87. The van der Waals surface area contributed by atoms with Gasteiger partial charge in [-0.25, -0.2) is 0 Å². The molecule has 0 saturated heterocycles. The van der Waals surface area contributed by atoms with Gasteiger partial charge in [0.15, 0.2) is 0 Å². The molecular formula is C21H42O. The van der Waals surface area contributed by atoms with Gasteiger partial charge in [0.05, 0.1) is 5.60 Å². The Hall–Kier alpha value is -0.300. The molecule has 0 aromatic rings. The molecule has 0 atom stereocenters. The molecule has 0 aliphatic heterocycles. The highest BCUT2D eigenvalue weighted by Gasteiger charge is 2.16. The van der Waals surface area contributed by atoms with Gasteiger partial charge in [-0.05, 0) is 46.1 Å². The van der Waals surface area contributed by atoms with Crippen LogP contribution in [-0.2, 0) is 0 Å². The Balaban J connectivity index is 3.41. The van der Waals surface area contributed by atoms with Gasteiger partial charge in [0.2, 0.25) is 0 Å². The molecule has 0 aliphatic rings. The number of hydrogen-bond donors (Lipinski definition) is 1. The lowest BCUT2D eigenvalue weighted by atomic mass is 9.92. The molecule has 0 saturated carbocycles. The van der Waals surface area contributed by atoms with E-state index in [9.17, 15) is 5.11 Å². The summed E-state index contributed by atoms with van der Waals surface area (Å²) in [5.74, 6) is 0. The van der Waals surface area contributed by atoms with Crippen molar-refractivity contribution in [2.75, 3.05) is 0 Å². The maximum Gasteiger partial charge on any atom is 0.0800 e. The summed E-state index contributed by atoms with van der Waals surface area (Å²) in [6.07, 6.45) is 17.9. The number of allylic oxidation sites excluding steroid dienone is 1. The van der Waals surface area contributed by atoms with Crippen molar-refractivity contribution in [2.45, 2.75) is 124 Å². The Morgan fingerprint density at radius 3 is 1.41 bits per heavy atom. The third-order valence-corrected chi connectivity index (χ3v) is 4.96. The molecule has 0 fully saturated rings. The zero-order chi connectivity index (χ0) is 16.8. The third-order valence-electron chi connectivity index (χ3n) is 4.96. The van der Waals surface area contributed by atoms with Gasteiger partial charge in [0.25, 0.3) is 0 Å². The summed E-state index contributed by atoms with van der Waals surface area (Å²) in [4.78, 5) is 0. The molecule has 0 radical (unpaired) electrons. The molecule has 0 aromatic carbocycles. The fourth-order valence-electron chi connectivity index (χ4n) is 2.94. The maximum absolute atomic E-state index is 9.99. The number of rotatable bonds is 14. The number of unbranched alkanes of at least 4 members (excludes halogenated alkanes) is 11. The summed E-state index contributed by atoms with van der Waals surface area (Å²) in [5, 5.41) is 9.99. The highest BCUT2D eigenvalue weighted by atomic mass is 16.3. The standard InChI is InChI=1S/C21H42O/c1-6-7-8-9-10-11-12-13-14-15-16-17-18-19(2)20(3)21(4,5)22/h22H,6-18H2,1-5H3. The molecule has 0 spiro atoms. The molecule has 0 heterocycles. The van der Waals surface area contributed by atoms with Gasteiger partial charge in [-0.2, -0.15) is 0 Å². The van der Waals surface area contributed by atoms with Crippen LogP contribution in [0.2, 0.25) is 0 Å². The Kier molecular flexibility index (Phi) is 13.0. The number of hydrogen-bond acceptors (Lipinski definition) is 1. The summed E-state index contributed by atoms with van der Waals surface area (Å²) in [6.45, 7) is 10.3. The van der Waals surface area contributed by atoms with Crippen molar-refractivity contribution in [1.29, 1.82) is 0 Å². The minimum absolute atomic E-state index is 0.652. The van der Waals surface area contributed by atoms with Gasteiger partial charge in [-0.15, -0.1) is 0 Å². The molecule has 0 aliphatic carbocycles. The topological polar surface area (TPSA) is 20.2 Å². The number of aliphatic hydroxyl groups is 1. The van der Waals surface area contributed by atoms with Gasteiger partial charge in [-0.1, -0.05) is 83.1 Å². The Morgan fingerprint density at radius 2 is 1.05 bits per heavy atom. The van der Waals surface area contributed by atoms with E-state index in [1.54, 1.807) is 0 Å². The largest absolute Gasteiger partial charge is 0.386 e. The molecule has 1 N–H and O–H groups in total. The van der Waals surface area contributed by atoms with E-state index in [0.29, 0.717) is 0 Å². The van der Waals surface area contributed by atoms with E-state index in [-0.39, 0.29) is 0 Å². The van der Waals surface area contributed by atoms with Gasteiger partial charge >= 0.3 is 0 Å². The first-order valence-electron chi connectivity index (χ1n) is 9.78. The van der Waals surface area contributed by atoms with Crippen LogP contribution in [0.3, 0.4) is 0 Å². The van der Waals surface area contributed by atoms with Gasteiger partial charge < -0.3 is 5.11 Å². The van der Waals surface area contributed by atoms with E-state index in [1.165, 1.54) is 82.6 Å². The van der Waals surface area contributed by atoms with Crippen LogP contribution in [0.1, 0.15) is 118 Å². The predicted octanol–water partition coefficient (Wildman–Crippen LogP) is 7.18. The van der Waals surface area contributed by atoms with Crippen LogP contribution in [0.15, 0.2) is 11.1 Å². The molecule has 0 amide bonds. The lowest BCUT2D eigenvalue weighted by Crippen LogP contribution is -2.21. The lowest BCUT2D eigenvalue weighted by Gasteiger charge is -2.21. The Labute approximate surface area is 140 Å². The fraction of sp³-hybridized carbons (Fsp3) is 0.905. The minimum atomic E-state index is -0.652. The fourth-order valence-corrected chi connectivity index (χ4v) is 2.94. The molecule has 0 bridgehead atoms. The van der Waals surface area contributed by atoms with Crippen molar-refractivity contribution in [3.05, 3.63) is 11.1 Å². The van der Waals surface area contributed by atoms with Crippen molar-refractivity contribution in [3.63, 3.8) is 0 Å². The van der Waals surface area contributed by atoms with Gasteiger partial charge in [-0.3, -0.25) is 0 Å². The summed E-state index contributed by atoms with van der Waals surface area (Å²) >= 11 is 0. The van der Waals surface area contributed by atoms with Gasteiger partial charge in [0, 0.05) is 0 Å². The molecule has 22 heavy (non-hydrogen) atoms. The van der Waals surface area contributed by atoms with Crippen molar-refractivity contribution >= 4 is 0 Å². The minimum Gasteiger partial charge on any atom is -0.386 e. The van der Waals surface area contributed by atoms with E-state index >= 15 is 0 Å². The molecular weight excluding hydrogens is 268 g/mol. The normalized spacial score (nSPS) is 13.4. The molecule has 132 valence electrons. The Bertz CT molecular complexity index is 283. The monoisotopic (exact) mass is 310 g/mol. The zero-order valence-corrected chi connectivity index (χ0v) is 16.1. The van der Waals surface area contributed by atoms with E-state index in [2.05, 4.69) is 20.8 Å². The van der Waals surface area contributed by atoms with E-state index in [0.717, 1.165) is 12.0 Å². The van der Waals surface area contributed by atoms with Crippen molar-refractivity contribution in [1.82, 2.24) is 0 Å². The average molecular weight is 311 g/mol. The molecule has 1 nitrogen and oxygen atoms in total. The van der Waals surface area contributed by atoms with E-state index in [1.807, 2.05) is 13.8 Å². The first-order chi connectivity index (χ1) is 10.4. The summed E-state index contributed by atoms with van der Waals surface area (Å²) in [7, 11) is 0. The van der Waals surface area contributed by atoms with Crippen LogP contribution >= 0.6 is 0 Å². The van der Waals surface area contributed by atoms with Crippen LogP contribution in [0, 0.1) is 0 Å². The van der Waals surface area contributed by atoms with E-state index in [4.69, 9.17) is 0 Å². The summed E-state index contributed by atoms with van der Waals surface area (Å²) in [6, 6.07) is 0. The Morgan fingerprint density at radius 1 is 0.682 bits per heavy atom. The van der Waals surface area contributed by atoms with Crippen molar-refractivity contribution in [3.8, 4) is 0 Å². The second-order valence-corrected chi connectivity index (χ2v) is 7.60. The predicted molar refractivity (Wildman–Crippen MR) is 100 cm³/mol. The highest BCUT2D eigenvalue weighted by molar-refractivity contribution is 5.18. The molecule has 0 unspecified atom stereocenters. The average Bonchev–Trinajstić information content (AvgIpc) is 2.46. The van der Waals surface area contributed by atoms with E-state index < -0.39 is 5.60 Å². The molecule has 0 rings (SSSR count). The second kappa shape index (κ2) is 13.2. The smallest absolute Gasteiger partial charge is 0.0800 e. The second-order valence-electron chi connectivity index (χ2n) is 7.60. The molecule has 1 heteroatoms. The lowest BCUT2D eigenvalue weighted by molar-refractivity contribution is 0.118. The van der Waals surface area contributed by atoms with Crippen LogP contribution in [0.5, 0.6) is 0 Å². The first kappa shape index (κ1) is 21.7. The van der Waals surface area contributed by atoms with Crippen LogP contribution in [-0.4, -0.2) is 10.7 Å². The SMILES string of the molecule is CCCCCCCCCCCCCCC(C)=C(C)C(C)(C)O. The maximum atomic E-state index is 9.99. The van der Waals surface area contributed by atoms with Crippen LogP contribution in [0.25, 0.3) is 0 Å². The molecule has 0 aromatic heterocycles. The van der Waals surface area contributed by atoms with Crippen LogP contribution in [0.4, 0.5) is 0 Å². The first-order valence-corrected chi connectivity index (χ1v) is 9.78. The van der Waals surface area contributed by atoms with Gasteiger partial charge in [0.1, 0.15) is 0 Å².